The van der Waals surface area contributed by atoms with Gasteiger partial charge in [0.25, 0.3) is 0 Å². The van der Waals surface area contributed by atoms with Gasteiger partial charge in [0.2, 0.25) is 5.91 Å². The Labute approximate surface area is 193 Å². The molecule has 1 aromatic rings. The Balaban J connectivity index is 0.00000280. The fourth-order valence-electron chi connectivity index (χ4n) is 3.75. The van der Waals surface area contributed by atoms with E-state index in [1.54, 1.807) is 0 Å². The first-order valence-electron chi connectivity index (χ1n) is 9.83. The van der Waals surface area contributed by atoms with Gasteiger partial charge in [0.15, 0.2) is 5.96 Å². The van der Waals surface area contributed by atoms with Crippen LogP contribution >= 0.6 is 39.9 Å². The van der Waals surface area contributed by atoms with Gasteiger partial charge in [-0.1, -0.05) is 34.1 Å². The lowest BCUT2D eigenvalue weighted by Gasteiger charge is -2.32. The molecule has 0 unspecified atom stereocenters. The van der Waals surface area contributed by atoms with Crippen molar-refractivity contribution >= 4 is 51.8 Å². The summed E-state index contributed by atoms with van der Waals surface area (Å²) in [5, 5.41) is 6.96. The van der Waals surface area contributed by atoms with Gasteiger partial charge in [0.05, 0.1) is 13.1 Å². The second-order valence-corrected chi connectivity index (χ2v) is 8.47. The molecule has 0 spiro atoms. The topological polar surface area (TPSA) is 82.8 Å². The quantitative estimate of drug-likeness (QED) is 0.270. The smallest absolute Gasteiger partial charge is 0.231 e. The fourth-order valence-corrected chi connectivity index (χ4v) is 4.46. The Morgan fingerprint density at radius 2 is 2.00 bits per heavy atom. The first-order chi connectivity index (χ1) is 13.0. The van der Waals surface area contributed by atoms with Crippen molar-refractivity contribution in [2.45, 2.75) is 44.1 Å². The number of amides is 1. The Morgan fingerprint density at radius 3 is 2.57 bits per heavy atom. The van der Waals surface area contributed by atoms with Crippen molar-refractivity contribution in [2.24, 2.45) is 10.7 Å². The number of piperidine rings is 1. The summed E-state index contributed by atoms with van der Waals surface area (Å²) in [4.78, 5) is 18.1. The van der Waals surface area contributed by atoms with Crippen molar-refractivity contribution in [3.63, 3.8) is 0 Å². The van der Waals surface area contributed by atoms with Gasteiger partial charge >= 0.3 is 0 Å². The van der Waals surface area contributed by atoms with Crippen LogP contribution in [-0.4, -0.2) is 55.5 Å². The predicted molar refractivity (Wildman–Crippen MR) is 128 cm³/mol. The first-order valence-corrected chi connectivity index (χ1v) is 10.6. The first kappa shape index (κ1) is 23.4. The number of aliphatic imine (C=N–C) groups is 1. The molecule has 0 aromatic heterocycles. The molecule has 1 saturated heterocycles. The highest BCUT2D eigenvalue weighted by atomic mass is 127. The number of guanidine groups is 1. The molecule has 2 fully saturated rings. The van der Waals surface area contributed by atoms with Gasteiger partial charge in [0, 0.05) is 35.6 Å². The molecule has 1 amide bonds. The van der Waals surface area contributed by atoms with Gasteiger partial charge in [-0.2, -0.15) is 0 Å². The Morgan fingerprint density at radius 1 is 1.32 bits per heavy atom. The van der Waals surface area contributed by atoms with E-state index in [1.807, 2.05) is 0 Å². The van der Waals surface area contributed by atoms with Crippen LogP contribution in [0.15, 0.2) is 33.7 Å². The van der Waals surface area contributed by atoms with Gasteiger partial charge in [-0.05, 0) is 44.2 Å². The van der Waals surface area contributed by atoms with E-state index >= 15 is 0 Å². The largest absolute Gasteiger partial charge is 0.369 e. The van der Waals surface area contributed by atoms with E-state index < -0.39 is 0 Å². The maximum Gasteiger partial charge on any atom is 0.231 e. The van der Waals surface area contributed by atoms with Gasteiger partial charge in [-0.25, -0.2) is 0 Å². The lowest BCUT2D eigenvalue weighted by molar-refractivity contribution is -0.119. The molecule has 28 heavy (non-hydrogen) atoms. The molecule has 3 rings (SSSR count). The molecule has 0 radical (unpaired) electrons. The highest BCUT2D eigenvalue weighted by Crippen LogP contribution is 2.50. The zero-order valence-corrected chi connectivity index (χ0v) is 20.3. The van der Waals surface area contributed by atoms with E-state index in [1.165, 1.54) is 22.9 Å². The molecule has 2 aliphatic rings. The molecule has 0 atom stereocenters. The third-order valence-electron chi connectivity index (χ3n) is 5.49. The molecule has 1 aliphatic carbocycles. The molecule has 156 valence electrons. The molecule has 1 saturated carbocycles. The number of benzene rings is 1. The minimum atomic E-state index is -0.252. The summed E-state index contributed by atoms with van der Waals surface area (Å²) in [6.07, 6.45) is 4.36. The highest BCUT2D eigenvalue weighted by Gasteiger charge is 2.45. The molecule has 6 nitrogen and oxygen atoms in total. The average Bonchev–Trinajstić information content (AvgIpc) is 3.42. The number of rotatable bonds is 7. The second-order valence-electron chi connectivity index (χ2n) is 7.62. The number of halogens is 2. The standard InChI is InChI=1S/C20H30BrN5O.HI/c1-2-23-19(25-15-7-11-26(12-8-15)13-18(22)27)24-14-20(9-10-20)16-5-3-4-6-17(16)21;/h3-6,15H,2,7-14H2,1H3,(H2,22,27)(H2,23,24,25);1H. The minimum Gasteiger partial charge on any atom is -0.369 e. The summed E-state index contributed by atoms with van der Waals surface area (Å²) < 4.78 is 1.18. The van der Waals surface area contributed by atoms with E-state index in [0.29, 0.717) is 12.6 Å². The molecule has 8 heteroatoms. The SMILES string of the molecule is CCNC(=NCC1(c2ccccc2Br)CC1)NC1CCN(CC(N)=O)CC1.I. The normalized spacial score (nSPS) is 19.6. The average molecular weight is 564 g/mol. The van der Waals surface area contributed by atoms with Crippen molar-refractivity contribution in [2.75, 3.05) is 32.7 Å². The summed E-state index contributed by atoms with van der Waals surface area (Å²) in [5.41, 5.74) is 6.83. The van der Waals surface area contributed by atoms with E-state index in [0.717, 1.165) is 45.0 Å². The summed E-state index contributed by atoms with van der Waals surface area (Å²) in [6.45, 7) is 5.87. The van der Waals surface area contributed by atoms with Crippen molar-refractivity contribution in [1.29, 1.82) is 0 Å². The van der Waals surface area contributed by atoms with E-state index in [4.69, 9.17) is 10.7 Å². The van der Waals surface area contributed by atoms with Crippen molar-refractivity contribution in [3.05, 3.63) is 34.3 Å². The van der Waals surface area contributed by atoms with Crippen LogP contribution in [-0.2, 0) is 10.2 Å². The summed E-state index contributed by atoms with van der Waals surface area (Å²) >= 11 is 3.69. The Bertz CT molecular complexity index is 687. The van der Waals surface area contributed by atoms with Gasteiger partial charge in [-0.3, -0.25) is 14.7 Å². The predicted octanol–water partition coefficient (Wildman–Crippen LogP) is 2.60. The highest BCUT2D eigenvalue weighted by molar-refractivity contribution is 14.0. The summed E-state index contributed by atoms with van der Waals surface area (Å²) in [7, 11) is 0. The van der Waals surface area contributed by atoms with Crippen LogP contribution in [0.5, 0.6) is 0 Å². The molecule has 1 aromatic carbocycles. The third-order valence-corrected chi connectivity index (χ3v) is 6.18. The van der Waals surface area contributed by atoms with Gasteiger partial charge in [-0.15, -0.1) is 24.0 Å². The zero-order chi connectivity index (χ0) is 19.3. The van der Waals surface area contributed by atoms with E-state index in [-0.39, 0.29) is 35.3 Å². The molecular formula is C20H31BrIN5O. The fraction of sp³-hybridized carbons (Fsp3) is 0.600. The zero-order valence-electron chi connectivity index (χ0n) is 16.4. The van der Waals surface area contributed by atoms with Crippen LogP contribution in [0, 0.1) is 0 Å². The minimum absolute atomic E-state index is 0. The van der Waals surface area contributed by atoms with Crippen molar-refractivity contribution in [3.8, 4) is 0 Å². The van der Waals surface area contributed by atoms with Crippen molar-refractivity contribution < 1.29 is 4.79 Å². The number of hydrogen-bond acceptors (Lipinski definition) is 3. The number of hydrogen-bond donors (Lipinski definition) is 3. The van der Waals surface area contributed by atoms with Crippen LogP contribution in [0.25, 0.3) is 0 Å². The number of nitrogens with two attached hydrogens (primary N) is 1. The van der Waals surface area contributed by atoms with Crippen LogP contribution in [0.3, 0.4) is 0 Å². The lowest BCUT2D eigenvalue weighted by atomic mass is 9.96. The van der Waals surface area contributed by atoms with Crippen molar-refractivity contribution in [1.82, 2.24) is 15.5 Å². The Hall–Kier alpha value is -0.870. The van der Waals surface area contributed by atoms with E-state index in [9.17, 15) is 4.79 Å². The van der Waals surface area contributed by atoms with Gasteiger partial charge < -0.3 is 16.4 Å². The molecule has 1 heterocycles. The summed E-state index contributed by atoms with van der Waals surface area (Å²) in [6, 6.07) is 8.87. The van der Waals surface area contributed by atoms with E-state index in [2.05, 4.69) is 62.7 Å². The number of nitrogens with one attached hydrogen (secondary N) is 2. The molecular weight excluding hydrogens is 533 g/mol. The molecule has 4 N–H and O–H groups in total. The number of nitrogens with zero attached hydrogens (tertiary/aromatic N) is 2. The Kier molecular flexibility index (Phi) is 9.01. The van der Waals surface area contributed by atoms with Gasteiger partial charge in [0.1, 0.15) is 0 Å². The molecule has 1 aliphatic heterocycles. The number of likely N-dealkylation sites (tertiary alicyclic amines) is 1. The number of carbonyl (C=O) groups excluding carboxylic acids is 1. The van der Waals surface area contributed by atoms with Crippen LogP contribution < -0.4 is 16.4 Å². The van der Waals surface area contributed by atoms with Crippen LogP contribution in [0.2, 0.25) is 0 Å². The maximum absolute atomic E-state index is 11.1. The summed E-state index contributed by atoms with van der Waals surface area (Å²) in [5.74, 6) is 0.641. The maximum atomic E-state index is 11.1. The monoisotopic (exact) mass is 563 g/mol. The number of primary amides is 1. The van der Waals surface area contributed by atoms with Crippen LogP contribution in [0.4, 0.5) is 0 Å². The second kappa shape index (κ2) is 10.8. The third kappa shape index (κ3) is 6.32. The number of carbonyl (C=O) groups is 1. The molecule has 0 bridgehead atoms. The lowest BCUT2D eigenvalue weighted by Crippen LogP contribution is -2.50. The van der Waals surface area contributed by atoms with Crippen LogP contribution in [0.1, 0.15) is 38.2 Å².